The van der Waals surface area contributed by atoms with Crippen molar-refractivity contribution >= 4 is 66.1 Å². The van der Waals surface area contributed by atoms with Crippen LogP contribution >= 0.6 is 0 Å². The molecule has 2 aliphatic carbocycles. The molecule has 11 rings (SSSR count). The normalized spacial score (nSPS) is 16.1. The molecule has 1 heterocycles. The second kappa shape index (κ2) is 12.4. The van der Waals surface area contributed by atoms with Crippen LogP contribution in [0.3, 0.4) is 0 Å². The van der Waals surface area contributed by atoms with Gasteiger partial charge in [-0.2, -0.15) is 0 Å². The molecule has 1 aromatic heterocycles. The molecule has 0 spiro atoms. The van der Waals surface area contributed by atoms with Gasteiger partial charge in [-0.05, 0) is 110 Å². The molecule has 9 aromatic rings. The van der Waals surface area contributed by atoms with E-state index in [2.05, 4.69) is 193 Å². The number of furan rings is 1. The summed E-state index contributed by atoms with van der Waals surface area (Å²) in [5, 5.41) is 7.26. The minimum absolute atomic E-state index is 0.324. The minimum Gasteiger partial charge on any atom is -0.456 e. The number of rotatable bonds is 5. The van der Waals surface area contributed by atoms with E-state index in [1.54, 1.807) is 0 Å². The highest BCUT2D eigenvalue weighted by Gasteiger charge is 2.28. The molecule has 0 amide bonds. The third kappa shape index (κ3) is 4.95. The van der Waals surface area contributed by atoms with E-state index in [-0.39, 0.29) is 0 Å². The van der Waals surface area contributed by atoms with E-state index in [0.29, 0.717) is 11.8 Å². The number of fused-ring (bicyclic) bond motifs is 9. The third-order valence-electron chi connectivity index (χ3n) is 11.4. The zero-order valence-electron chi connectivity index (χ0n) is 29.6. The zero-order valence-corrected chi connectivity index (χ0v) is 29.6. The lowest BCUT2D eigenvalue weighted by Crippen LogP contribution is -2.16. The standard InChI is InChI=1S/C52H35NO/c1-3-19-41-36(13-1)31-48(45-23-7-5-21-43(41)45)34-15-11-17-38(29-34)53(40-27-28-52-50(33-40)47-25-9-10-26-51(47)54-52)39-18-12-16-35(30-39)49-32-37-14-2-4-20-42(37)44-22-6-8-24-46(44)49/h1-33,36,41H/t36-,41?/m0/s1. The Morgan fingerprint density at radius 3 is 1.98 bits per heavy atom. The van der Waals surface area contributed by atoms with Gasteiger partial charge in [-0.3, -0.25) is 0 Å². The van der Waals surface area contributed by atoms with Crippen molar-refractivity contribution in [1.82, 2.24) is 0 Å². The first-order valence-electron chi connectivity index (χ1n) is 18.8. The van der Waals surface area contributed by atoms with Gasteiger partial charge < -0.3 is 9.32 Å². The van der Waals surface area contributed by atoms with E-state index < -0.39 is 0 Å². The number of anilines is 3. The van der Waals surface area contributed by atoms with Gasteiger partial charge in [-0.15, -0.1) is 0 Å². The van der Waals surface area contributed by atoms with Crippen molar-refractivity contribution in [2.24, 2.45) is 5.92 Å². The van der Waals surface area contributed by atoms with Gasteiger partial charge in [0.25, 0.3) is 0 Å². The Bertz CT molecular complexity index is 3030. The first-order chi connectivity index (χ1) is 26.8. The minimum atomic E-state index is 0.324. The molecule has 0 aliphatic heterocycles. The van der Waals surface area contributed by atoms with Crippen molar-refractivity contribution in [2.75, 3.05) is 4.90 Å². The number of benzene rings is 8. The van der Waals surface area contributed by atoms with E-state index in [4.69, 9.17) is 4.42 Å². The topological polar surface area (TPSA) is 16.4 Å². The highest BCUT2D eigenvalue weighted by atomic mass is 16.3. The first kappa shape index (κ1) is 30.7. The molecule has 2 aliphatic rings. The molecule has 54 heavy (non-hydrogen) atoms. The van der Waals surface area contributed by atoms with Gasteiger partial charge >= 0.3 is 0 Å². The van der Waals surface area contributed by atoms with Crippen molar-refractivity contribution in [2.45, 2.75) is 5.92 Å². The maximum atomic E-state index is 6.29. The summed E-state index contributed by atoms with van der Waals surface area (Å²) in [6.07, 6.45) is 11.5. The van der Waals surface area contributed by atoms with Crippen LogP contribution in [-0.2, 0) is 0 Å². The fraction of sp³-hybridized carbons (Fsp3) is 0.0385. The Balaban J connectivity index is 1.11. The molecule has 254 valence electrons. The highest BCUT2D eigenvalue weighted by molar-refractivity contribution is 6.14. The van der Waals surface area contributed by atoms with Crippen molar-refractivity contribution in [3.8, 4) is 11.1 Å². The van der Waals surface area contributed by atoms with Crippen LogP contribution in [-0.4, -0.2) is 0 Å². The smallest absolute Gasteiger partial charge is 0.135 e. The monoisotopic (exact) mass is 689 g/mol. The van der Waals surface area contributed by atoms with Crippen LogP contribution in [0.15, 0.2) is 205 Å². The van der Waals surface area contributed by atoms with Crippen molar-refractivity contribution in [3.05, 3.63) is 217 Å². The molecule has 0 fully saturated rings. The summed E-state index contributed by atoms with van der Waals surface area (Å²) in [6.45, 7) is 0. The number of para-hydroxylation sites is 1. The Morgan fingerprint density at radius 2 is 1.09 bits per heavy atom. The maximum Gasteiger partial charge on any atom is 0.135 e. The number of hydrogen-bond acceptors (Lipinski definition) is 2. The van der Waals surface area contributed by atoms with E-state index >= 15 is 0 Å². The maximum absolute atomic E-state index is 6.29. The summed E-state index contributed by atoms with van der Waals surface area (Å²) in [5.41, 5.74) is 12.6. The Labute approximate surface area is 314 Å². The Kier molecular flexibility index (Phi) is 7.03. The van der Waals surface area contributed by atoms with Gasteiger partial charge in [-0.25, -0.2) is 0 Å². The van der Waals surface area contributed by atoms with E-state index in [0.717, 1.165) is 39.0 Å². The summed E-state index contributed by atoms with van der Waals surface area (Å²) >= 11 is 0. The molecule has 8 aromatic carbocycles. The summed E-state index contributed by atoms with van der Waals surface area (Å²) in [6, 6.07) is 61.7. The van der Waals surface area contributed by atoms with Gasteiger partial charge in [-0.1, -0.05) is 146 Å². The summed E-state index contributed by atoms with van der Waals surface area (Å²) in [4.78, 5) is 2.40. The number of hydrogen-bond donors (Lipinski definition) is 0. The molecule has 0 N–H and O–H groups in total. The molecule has 0 bridgehead atoms. The second-order valence-electron chi connectivity index (χ2n) is 14.4. The zero-order chi connectivity index (χ0) is 35.6. The highest BCUT2D eigenvalue weighted by Crippen LogP contribution is 2.46. The second-order valence-corrected chi connectivity index (χ2v) is 14.4. The summed E-state index contributed by atoms with van der Waals surface area (Å²) in [7, 11) is 0. The average molecular weight is 690 g/mol. The van der Waals surface area contributed by atoms with E-state index in [1.807, 2.05) is 12.1 Å². The van der Waals surface area contributed by atoms with Crippen LogP contribution in [0.2, 0.25) is 0 Å². The van der Waals surface area contributed by atoms with Crippen LogP contribution in [0.25, 0.3) is 60.2 Å². The third-order valence-corrected chi connectivity index (χ3v) is 11.4. The van der Waals surface area contributed by atoms with Crippen LogP contribution in [0.5, 0.6) is 0 Å². The van der Waals surface area contributed by atoms with Gasteiger partial charge in [0.1, 0.15) is 11.2 Å². The lowest BCUT2D eigenvalue weighted by atomic mass is 9.73. The first-order valence-corrected chi connectivity index (χ1v) is 18.8. The van der Waals surface area contributed by atoms with Gasteiger partial charge in [0.05, 0.1) is 0 Å². The van der Waals surface area contributed by atoms with Crippen molar-refractivity contribution in [1.29, 1.82) is 0 Å². The van der Waals surface area contributed by atoms with Crippen LogP contribution < -0.4 is 4.90 Å². The molecular formula is C52H35NO. The van der Waals surface area contributed by atoms with Gasteiger partial charge in [0.15, 0.2) is 0 Å². The molecular weight excluding hydrogens is 655 g/mol. The molecule has 2 atom stereocenters. The molecule has 0 saturated heterocycles. The Hall–Kier alpha value is -6.90. The summed E-state index contributed by atoms with van der Waals surface area (Å²) < 4.78 is 6.29. The van der Waals surface area contributed by atoms with Gasteiger partial charge in [0.2, 0.25) is 0 Å². The van der Waals surface area contributed by atoms with Crippen LogP contribution in [0, 0.1) is 5.92 Å². The molecule has 0 radical (unpaired) electrons. The lowest BCUT2D eigenvalue weighted by molar-refractivity contribution is 0.669. The predicted octanol–water partition coefficient (Wildman–Crippen LogP) is 14.3. The lowest BCUT2D eigenvalue weighted by Gasteiger charge is -2.31. The fourth-order valence-corrected chi connectivity index (χ4v) is 8.88. The van der Waals surface area contributed by atoms with Crippen molar-refractivity contribution in [3.63, 3.8) is 0 Å². The fourth-order valence-electron chi connectivity index (χ4n) is 8.88. The SMILES string of the molecule is C1=CC2c3ccccc3C(c3cccc(N(c4cccc(-c5cc6ccccc6c6ccccc56)c4)c4ccc5oc6ccccc6c5c4)c3)=C[C@@H]2C=C1. The van der Waals surface area contributed by atoms with E-state index in [9.17, 15) is 0 Å². The van der Waals surface area contributed by atoms with Crippen LogP contribution in [0.4, 0.5) is 17.1 Å². The molecule has 0 saturated carbocycles. The molecule has 1 unspecified atom stereocenters. The van der Waals surface area contributed by atoms with Gasteiger partial charge in [0, 0.05) is 39.7 Å². The molecule has 2 nitrogen and oxygen atoms in total. The van der Waals surface area contributed by atoms with Crippen LogP contribution in [0.1, 0.15) is 22.6 Å². The predicted molar refractivity (Wildman–Crippen MR) is 227 cm³/mol. The average Bonchev–Trinajstić information content (AvgIpc) is 3.61. The number of allylic oxidation sites excluding steroid dienone is 5. The molecule has 2 heteroatoms. The van der Waals surface area contributed by atoms with Crippen molar-refractivity contribution < 1.29 is 4.42 Å². The number of nitrogens with zero attached hydrogens (tertiary/aromatic N) is 1. The quantitative estimate of drug-likeness (QED) is 0.167. The largest absolute Gasteiger partial charge is 0.456 e. The Morgan fingerprint density at radius 1 is 0.426 bits per heavy atom. The van der Waals surface area contributed by atoms with E-state index in [1.165, 1.54) is 54.9 Å². The summed E-state index contributed by atoms with van der Waals surface area (Å²) in [5.74, 6) is 0.685.